The number of anilines is 1. The Hall–Kier alpha value is -1.06. The van der Waals surface area contributed by atoms with Crippen LogP contribution >= 0.6 is 0 Å². The first-order chi connectivity index (χ1) is 8.09. The molecule has 3 nitrogen and oxygen atoms in total. The van der Waals surface area contributed by atoms with Crippen LogP contribution in [0.25, 0.3) is 0 Å². The van der Waals surface area contributed by atoms with Crippen molar-refractivity contribution in [1.82, 2.24) is 9.80 Å². The lowest BCUT2D eigenvalue weighted by atomic mass is 10.3. The molecule has 0 saturated heterocycles. The lowest BCUT2D eigenvalue weighted by molar-refractivity contribution is 0.286. The average molecular weight is 235 g/mol. The molecule has 0 fully saturated rings. The number of likely N-dealkylation sites (N-methyl/N-ethyl adjacent to an activating group) is 3. The molecule has 0 amide bonds. The van der Waals surface area contributed by atoms with Gasteiger partial charge >= 0.3 is 0 Å². The Labute approximate surface area is 106 Å². The van der Waals surface area contributed by atoms with E-state index in [4.69, 9.17) is 0 Å². The Morgan fingerprint density at radius 1 is 0.765 bits per heavy atom. The number of rotatable bonds is 7. The van der Waals surface area contributed by atoms with Gasteiger partial charge in [0.05, 0.1) is 0 Å². The molecule has 0 saturated carbocycles. The van der Waals surface area contributed by atoms with Gasteiger partial charge in [0.15, 0.2) is 0 Å². The first-order valence-corrected chi connectivity index (χ1v) is 6.19. The number of para-hydroxylation sites is 1. The van der Waals surface area contributed by atoms with E-state index in [0.29, 0.717) is 0 Å². The largest absolute Gasteiger partial charge is 0.373 e. The topological polar surface area (TPSA) is 9.72 Å². The quantitative estimate of drug-likeness (QED) is 0.711. The first-order valence-electron chi connectivity index (χ1n) is 6.19. The Bertz CT molecular complexity index is 298. The normalized spacial score (nSPS) is 11.2. The minimum atomic E-state index is 1.06. The van der Waals surface area contributed by atoms with Crippen molar-refractivity contribution < 1.29 is 0 Å². The molecule has 17 heavy (non-hydrogen) atoms. The molecule has 3 heteroatoms. The second-order valence-corrected chi connectivity index (χ2v) is 4.86. The van der Waals surface area contributed by atoms with Gasteiger partial charge in [-0.15, -0.1) is 0 Å². The van der Waals surface area contributed by atoms with E-state index in [-0.39, 0.29) is 0 Å². The third-order valence-corrected chi connectivity index (χ3v) is 2.94. The standard InChI is InChI=1S/C14H25N3/c1-15(2)10-11-16(3)12-13-17(4)14-8-6-5-7-9-14/h5-9H,10-13H2,1-4H3. The fraction of sp³-hybridized carbons (Fsp3) is 0.571. The van der Waals surface area contributed by atoms with Gasteiger partial charge in [0.2, 0.25) is 0 Å². The molecule has 96 valence electrons. The molecule has 0 aliphatic rings. The van der Waals surface area contributed by atoms with Crippen molar-refractivity contribution in [3.8, 4) is 0 Å². The molecule has 0 bridgehead atoms. The highest BCUT2D eigenvalue weighted by Crippen LogP contribution is 2.10. The van der Waals surface area contributed by atoms with E-state index < -0.39 is 0 Å². The maximum atomic E-state index is 2.37. The molecule has 0 radical (unpaired) electrons. The summed E-state index contributed by atoms with van der Waals surface area (Å²) in [4.78, 5) is 6.89. The molecular weight excluding hydrogens is 210 g/mol. The smallest absolute Gasteiger partial charge is 0.0364 e. The van der Waals surface area contributed by atoms with E-state index in [1.165, 1.54) is 5.69 Å². The second-order valence-electron chi connectivity index (χ2n) is 4.86. The average Bonchev–Trinajstić information content (AvgIpc) is 2.34. The SMILES string of the molecule is CN(C)CCN(C)CCN(C)c1ccccc1. The summed E-state index contributed by atoms with van der Waals surface area (Å²) in [6.07, 6.45) is 0. The van der Waals surface area contributed by atoms with Crippen LogP contribution in [0.3, 0.4) is 0 Å². The fourth-order valence-corrected chi connectivity index (χ4v) is 1.61. The van der Waals surface area contributed by atoms with Crippen LogP contribution in [0, 0.1) is 0 Å². The van der Waals surface area contributed by atoms with Crippen LogP contribution in [0.5, 0.6) is 0 Å². The molecule has 0 N–H and O–H groups in total. The minimum Gasteiger partial charge on any atom is -0.373 e. The van der Waals surface area contributed by atoms with E-state index in [9.17, 15) is 0 Å². The van der Waals surface area contributed by atoms with E-state index in [0.717, 1.165) is 26.2 Å². The zero-order valence-electron chi connectivity index (χ0n) is 11.6. The van der Waals surface area contributed by atoms with Crippen LogP contribution in [0.4, 0.5) is 5.69 Å². The van der Waals surface area contributed by atoms with Gasteiger partial charge in [-0.3, -0.25) is 0 Å². The Balaban J connectivity index is 2.26. The number of hydrogen-bond acceptors (Lipinski definition) is 3. The first kappa shape index (κ1) is 14.0. The number of benzene rings is 1. The second kappa shape index (κ2) is 7.30. The Kier molecular flexibility index (Phi) is 6.01. The summed E-state index contributed by atoms with van der Waals surface area (Å²) in [6.45, 7) is 4.40. The van der Waals surface area contributed by atoms with Gasteiger partial charge in [-0.2, -0.15) is 0 Å². The molecule has 0 unspecified atom stereocenters. The van der Waals surface area contributed by atoms with Crippen LogP contribution in [0.2, 0.25) is 0 Å². The number of hydrogen-bond donors (Lipinski definition) is 0. The molecule has 0 heterocycles. The zero-order valence-corrected chi connectivity index (χ0v) is 11.6. The van der Waals surface area contributed by atoms with Crippen molar-refractivity contribution in [3.63, 3.8) is 0 Å². The summed E-state index contributed by atoms with van der Waals surface area (Å²) in [5.41, 5.74) is 1.29. The van der Waals surface area contributed by atoms with Crippen LogP contribution in [-0.2, 0) is 0 Å². The zero-order chi connectivity index (χ0) is 12.7. The van der Waals surface area contributed by atoms with Gasteiger partial charge in [-0.25, -0.2) is 0 Å². The molecule has 0 aliphatic heterocycles. The van der Waals surface area contributed by atoms with E-state index >= 15 is 0 Å². The number of nitrogens with zero attached hydrogens (tertiary/aromatic N) is 3. The fourth-order valence-electron chi connectivity index (χ4n) is 1.61. The van der Waals surface area contributed by atoms with Crippen molar-refractivity contribution in [2.75, 3.05) is 59.3 Å². The van der Waals surface area contributed by atoms with Gasteiger partial charge in [0, 0.05) is 38.9 Å². The van der Waals surface area contributed by atoms with Gasteiger partial charge in [-0.05, 0) is 33.3 Å². The lowest BCUT2D eigenvalue weighted by Gasteiger charge is -2.24. The van der Waals surface area contributed by atoms with Crippen LogP contribution in [0.15, 0.2) is 30.3 Å². The van der Waals surface area contributed by atoms with Crippen molar-refractivity contribution in [3.05, 3.63) is 30.3 Å². The van der Waals surface area contributed by atoms with Crippen molar-refractivity contribution >= 4 is 5.69 Å². The van der Waals surface area contributed by atoms with Crippen molar-refractivity contribution in [2.24, 2.45) is 0 Å². The third-order valence-electron chi connectivity index (χ3n) is 2.94. The molecule has 0 spiro atoms. The predicted molar refractivity (Wildman–Crippen MR) is 75.8 cm³/mol. The maximum Gasteiger partial charge on any atom is 0.0364 e. The molecular formula is C14H25N3. The minimum absolute atomic E-state index is 1.06. The van der Waals surface area contributed by atoms with Gasteiger partial charge < -0.3 is 14.7 Å². The van der Waals surface area contributed by atoms with Crippen LogP contribution in [0.1, 0.15) is 0 Å². The highest BCUT2D eigenvalue weighted by molar-refractivity contribution is 5.44. The summed E-state index contributed by atoms with van der Waals surface area (Å²) in [7, 11) is 8.56. The van der Waals surface area contributed by atoms with Crippen LogP contribution in [-0.4, -0.2) is 64.2 Å². The summed E-state index contributed by atoms with van der Waals surface area (Å²) in [6, 6.07) is 10.5. The molecule has 0 aliphatic carbocycles. The monoisotopic (exact) mass is 235 g/mol. The van der Waals surface area contributed by atoms with E-state index in [1.54, 1.807) is 0 Å². The van der Waals surface area contributed by atoms with Gasteiger partial charge in [0.25, 0.3) is 0 Å². The molecule has 0 aromatic heterocycles. The van der Waals surface area contributed by atoms with Gasteiger partial charge in [0.1, 0.15) is 0 Å². The van der Waals surface area contributed by atoms with E-state index in [1.807, 2.05) is 0 Å². The highest BCUT2D eigenvalue weighted by atomic mass is 15.2. The van der Waals surface area contributed by atoms with E-state index in [2.05, 4.69) is 73.2 Å². The van der Waals surface area contributed by atoms with Crippen molar-refractivity contribution in [1.29, 1.82) is 0 Å². The summed E-state index contributed by atoms with van der Waals surface area (Å²) in [5.74, 6) is 0. The summed E-state index contributed by atoms with van der Waals surface area (Å²) in [5, 5.41) is 0. The molecule has 0 atom stereocenters. The third kappa shape index (κ3) is 5.71. The van der Waals surface area contributed by atoms with Crippen LogP contribution < -0.4 is 4.90 Å². The highest BCUT2D eigenvalue weighted by Gasteiger charge is 2.03. The predicted octanol–water partition coefficient (Wildman–Crippen LogP) is 1.62. The molecule has 1 aromatic rings. The lowest BCUT2D eigenvalue weighted by Crippen LogP contribution is -2.34. The molecule has 1 aromatic carbocycles. The van der Waals surface area contributed by atoms with Gasteiger partial charge in [-0.1, -0.05) is 18.2 Å². The Morgan fingerprint density at radius 2 is 1.35 bits per heavy atom. The molecule has 1 rings (SSSR count). The summed E-state index contributed by atoms with van der Waals surface area (Å²) < 4.78 is 0. The summed E-state index contributed by atoms with van der Waals surface area (Å²) >= 11 is 0. The maximum absolute atomic E-state index is 2.37. The Morgan fingerprint density at radius 3 is 1.94 bits per heavy atom. The van der Waals surface area contributed by atoms with Crippen molar-refractivity contribution in [2.45, 2.75) is 0 Å².